The largest absolute Gasteiger partial charge is 0.313 e. The number of hydrogen-bond donors (Lipinski definition) is 3. The lowest BCUT2D eigenvalue weighted by atomic mass is 9.96. The molecule has 7 heteroatoms. The molecule has 1 aromatic rings. The molecule has 5 nitrogen and oxygen atoms in total. The Morgan fingerprint density at radius 2 is 2.08 bits per heavy atom. The average Bonchev–Trinajstić information content (AvgIpc) is 2.94. The number of halogens is 1. The number of piperidine rings is 1. The molecule has 2 amide bonds. The highest BCUT2D eigenvalue weighted by molar-refractivity contribution is 7.80. The molecule has 25 heavy (non-hydrogen) atoms. The lowest BCUT2D eigenvalue weighted by Gasteiger charge is -2.32. The van der Waals surface area contributed by atoms with E-state index in [4.69, 9.17) is 0 Å². The third-order valence-electron chi connectivity index (χ3n) is 5.23. The zero-order chi connectivity index (χ0) is 17.6. The topological polar surface area (TPSA) is 61.4 Å². The van der Waals surface area contributed by atoms with E-state index in [0.29, 0.717) is 30.5 Å². The van der Waals surface area contributed by atoms with Crippen molar-refractivity contribution < 1.29 is 14.0 Å². The first-order valence-electron chi connectivity index (χ1n) is 8.55. The fourth-order valence-electron chi connectivity index (χ4n) is 3.88. The van der Waals surface area contributed by atoms with Crippen LogP contribution in [0, 0.1) is 5.82 Å². The number of nitrogens with zero attached hydrogens (tertiary/aromatic N) is 1. The number of fused-ring (bicyclic) bond motifs is 1. The summed E-state index contributed by atoms with van der Waals surface area (Å²) in [6.45, 7) is 1.93. The van der Waals surface area contributed by atoms with E-state index in [2.05, 4.69) is 23.3 Å². The standard InChI is InChI=1S/C18H20FN3O2S/c19-16-11(10-5-7-20-8-6-10)1-2-12-13(16)9-22(18(12)25)14-3-4-15(23)21-17(14)24/h1-2,5,14,18,20,25H,3-4,6-9H2,(H,21,23,24). The molecule has 1 fully saturated rings. The number of rotatable bonds is 2. The van der Waals surface area contributed by atoms with E-state index in [1.165, 1.54) is 0 Å². The zero-order valence-electron chi connectivity index (χ0n) is 13.7. The van der Waals surface area contributed by atoms with E-state index in [-0.39, 0.29) is 23.0 Å². The van der Waals surface area contributed by atoms with Gasteiger partial charge in [0.2, 0.25) is 11.8 Å². The summed E-state index contributed by atoms with van der Waals surface area (Å²) in [6.07, 6.45) is 3.58. The molecular formula is C18H20FN3O2S. The highest BCUT2D eigenvalue weighted by atomic mass is 32.1. The number of carbonyl (C=O) groups is 2. The van der Waals surface area contributed by atoms with Gasteiger partial charge >= 0.3 is 0 Å². The van der Waals surface area contributed by atoms with E-state index in [9.17, 15) is 9.59 Å². The predicted molar refractivity (Wildman–Crippen MR) is 95.3 cm³/mol. The van der Waals surface area contributed by atoms with Gasteiger partial charge in [0.1, 0.15) is 5.82 Å². The van der Waals surface area contributed by atoms with E-state index >= 15 is 4.39 Å². The highest BCUT2D eigenvalue weighted by Gasteiger charge is 2.40. The molecule has 0 bridgehead atoms. The van der Waals surface area contributed by atoms with Crippen molar-refractivity contribution in [3.05, 3.63) is 40.7 Å². The first kappa shape index (κ1) is 16.8. The Kier molecular flexibility index (Phi) is 4.39. The Morgan fingerprint density at radius 1 is 1.24 bits per heavy atom. The van der Waals surface area contributed by atoms with Crippen LogP contribution in [0.2, 0.25) is 0 Å². The second-order valence-corrected chi connectivity index (χ2v) is 7.18. The number of thiol groups is 1. The summed E-state index contributed by atoms with van der Waals surface area (Å²) in [5.74, 6) is -0.774. The Balaban J connectivity index is 1.64. The molecule has 3 aliphatic rings. The summed E-state index contributed by atoms with van der Waals surface area (Å²) >= 11 is 4.62. The Bertz CT molecular complexity index is 780. The summed E-state index contributed by atoms with van der Waals surface area (Å²) in [5, 5.41) is 5.26. The molecule has 2 N–H and O–H groups in total. The summed E-state index contributed by atoms with van der Waals surface area (Å²) in [4.78, 5) is 25.4. The molecule has 0 aromatic heterocycles. The van der Waals surface area contributed by atoms with Gasteiger partial charge in [-0.1, -0.05) is 18.2 Å². The summed E-state index contributed by atoms with van der Waals surface area (Å²) < 4.78 is 15.2. The normalized spacial score (nSPS) is 27.0. The van der Waals surface area contributed by atoms with Gasteiger partial charge in [0, 0.05) is 30.6 Å². The lowest BCUT2D eigenvalue weighted by Crippen LogP contribution is -2.51. The molecule has 2 atom stereocenters. The summed E-state index contributed by atoms with van der Waals surface area (Å²) in [7, 11) is 0. The van der Waals surface area contributed by atoms with Gasteiger partial charge in [-0.2, -0.15) is 12.6 Å². The first-order chi connectivity index (χ1) is 12.1. The van der Waals surface area contributed by atoms with Gasteiger partial charge in [0.15, 0.2) is 0 Å². The van der Waals surface area contributed by atoms with Crippen LogP contribution >= 0.6 is 12.6 Å². The maximum atomic E-state index is 15.2. The number of amides is 2. The molecule has 0 spiro atoms. The van der Waals surface area contributed by atoms with Crippen molar-refractivity contribution in [3.63, 3.8) is 0 Å². The minimum atomic E-state index is -0.450. The second kappa shape index (κ2) is 6.55. The van der Waals surface area contributed by atoms with E-state index in [1.54, 1.807) is 0 Å². The van der Waals surface area contributed by atoms with Crippen molar-refractivity contribution in [2.45, 2.75) is 37.2 Å². The lowest BCUT2D eigenvalue weighted by molar-refractivity contribution is -0.137. The minimum absolute atomic E-state index is 0.209. The van der Waals surface area contributed by atoms with E-state index in [0.717, 1.165) is 30.6 Å². The maximum Gasteiger partial charge on any atom is 0.243 e. The van der Waals surface area contributed by atoms with Crippen LogP contribution in [0.4, 0.5) is 4.39 Å². The summed E-state index contributed by atoms with van der Waals surface area (Å²) in [5.41, 5.74) is 3.09. The van der Waals surface area contributed by atoms with E-state index < -0.39 is 6.04 Å². The third-order valence-corrected chi connectivity index (χ3v) is 5.81. The Hall–Kier alpha value is -1.70. The molecule has 0 aliphatic carbocycles. The maximum absolute atomic E-state index is 15.2. The third kappa shape index (κ3) is 2.90. The molecular weight excluding hydrogens is 341 g/mol. The fraction of sp³-hybridized carbons (Fsp3) is 0.444. The molecule has 0 saturated carbocycles. The number of hydrogen-bond acceptors (Lipinski definition) is 5. The van der Waals surface area contributed by atoms with Gasteiger partial charge in [-0.05, 0) is 30.5 Å². The van der Waals surface area contributed by atoms with Crippen molar-refractivity contribution in [2.24, 2.45) is 0 Å². The second-order valence-electron chi connectivity index (χ2n) is 6.69. The van der Waals surface area contributed by atoms with Gasteiger partial charge in [-0.3, -0.25) is 19.8 Å². The van der Waals surface area contributed by atoms with Crippen LogP contribution < -0.4 is 10.6 Å². The van der Waals surface area contributed by atoms with Crippen LogP contribution in [0.15, 0.2) is 18.2 Å². The van der Waals surface area contributed by atoms with Crippen molar-refractivity contribution >= 4 is 30.0 Å². The molecule has 1 saturated heterocycles. The van der Waals surface area contributed by atoms with Crippen molar-refractivity contribution in [1.29, 1.82) is 0 Å². The number of nitrogens with one attached hydrogen (secondary N) is 2. The fourth-order valence-corrected chi connectivity index (χ4v) is 4.37. The van der Waals surface area contributed by atoms with Gasteiger partial charge in [-0.25, -0.2) is 4.39 Å². The molecule has 4 rings (SSSR count). The monoisotopic (exact) mass is 361 g/mol. The van der Waals surface area contributed by atoms with Gasteiger partial charge in [0.25, 0.3) is 0 Å². The van der Waals surface area contributed by atoms with Crippen molar-refractivity contribution in [3.8, 4) is 0 Å². The number of benzene rings is 1. The molecule has 3 heterocycles. The minimum Gasteiger partial charge on any atom is -0.313 e. The van der Waals surface area contributed by atoms with Crippen LogP contribution in [0.3, 0.4) is 0 Å². The number of carbonyl (C=O) groups excluding carboxylic acids is 2. The quantitative estimate of drug-likeness (QED) is 0.555. The smallest absolute Gasteiger partial charge is 0.243 e. The van der Waals surface area contributed by atoms with Gasteiger partial charge < -0.3 is 5.32 Å². The predicted octanol–water partition coefficient (Wildman–Crippen LogP) is 1.75. The van der Waals surface area contributed by atoms with Crippen LogP contribution in [-0.2, 0) is 16.1 Å². The average molecular weight is 361 g/mol. The highest BCUT2D eigenvalue weighted by Crippen LogP contribution is 2.42. The van der Waals surface area contributed by atoms with Crippen LogP contribution in [0.5, 0.6) is 0 Å². The summed E-state index contributed by atoms with van der Waals surface area (Å²) in [6, 6.07) is 3.29. The van der Waals surface area contributed by atoms with Crippen molar-refractivity contribution in [1.82, 2.24) is 15.5 Å². The number of imide groups is 1. The molecule has 3 aliphatic heterocycles. The van der Waals surface area contributed by atoms with Crippen molar-refractivity contribution in [2.75, 3.05) is 13.1 Å². The zero-order valence-corrected chi connectivity index (χ0v) is 14.6. The molecule has 0 radical (unpaired) electrons. The molecule has 1 aromatic carbocycles. The Labute approximate surface area is 151 Å². The van der Waals surface area contributed by atoms with Crippen LogP contribution in [0.25, 0.3) is 5.57 Å². The van der Waals surface area contributed by atoms with Gasteiger partial charge in [0.05, 0.1) is 11.4 Å². The first-order valence-corrected chi connectivity index (χ1v) is 9.07. The SMILES string of the molecule is O=C1CCC(N2Cc3c(ccc(C4=CCNCC4)c3F)C2S)C(=O)N1. The van der Waals surface area contributed by atoms with Crippen LogP contribution in [0.1, 0.15) is 41.3 Å². The molecule has 2 unspecified atom stereocenters. The molecule has 132 valence electrons. The van der Waals surface area contributed by atoms with Crippen LogP contribution in [-0.4, -0.2) is 35.8 Å². The van der Waals surface area contributed by atoms with Gasteiger partial charge in [-0.15, -0.1) is 0 Å². The Morgan fingerprint density at radius 3 is 2.80 bits per heavy atom. The van der Waals surface area contributed by atoms with E-state index in [1.807, 2.05) is 23.1 Å².